The fourth-order valence-corrected chi connectivity index (χ4v) is 3.04. The SMILES string of the molecule is CCOC(=O)N1CCN(C(=O)c2cncc(Nc3cccc(Cl)c3)c2)CC1. The Labute approximate surface area is 162 Å². The second-order valence-electron chi connectivity index (χ2n) is 6.08. The van der Waals surface area contributed by atoms with Crippen molar-refractivity contribution in [1.82, 2.24) is 14.8 Å². The predicted molar refractivity (Wildman–Crippen MR) is 103 cm³/mol. The number of ether oxygens (including phenoxy) is 1. The highest BCUT2D eigenvalue weighted by atomic mass is 35.5. The summed E-state index contributed by atoms with van der Waals surface area (Å²) < 4.78 is 5.00. The minimum absolute atomic E-state index is 0.110. The van der Waals surface area contributed by atoms with Crippen molar-refractivity contribution >= 4 is 35.0 Å². The molecule has 1 aromatic carbocycles. The second-order valence-corrected chi connectivity index (χ2v) is 6.51. The van der Waals surface area contributed by atoms with E-state index in [1.54, 1.807) is 47.3 Å². The molecule has 1 fully saturated rings. The highest BCUT2D eigenvalue weighted by Crippen LogP contribution is 2.21. The third-order valence-corrected chi connectivity index (χ3v) is 4.43. The minimum Gasteiger partial charge on any atom is -0.450 e. The van der Waals surface area contributed by atoms with Gasteiger partial charge in [0, 0.05) is 43.1 Å². The number of aromatic nitrogens is 1. The van der Waals surface area contributed by atoms with Crippen molar-refractivity contribution < 1.29 is 14.3 Å². The fraction of sp³-hybridized carbons (Fsp3) is 0.316. The highest BCUT2D eigenvalue weighted by molar-refractivity contribution is 6.30. The first-order chi connectivity index (χ1) is 13.1. The number of anilines is 2. The first-order valence-electron chi connectivity index (χ1n) is 8.75. The van der Waals surface area contributed by atoms with E-state index in [2.05, 4.69) is 10.3 Å². The van der Waals surface area contributed by atoms with Crippen molar-refractivity contribution in [1.29, 1.82) is 0 Å². The number of nitrogens with one attached hydrogen (secondary N) is 1. The number of halogens is 1. The monoisotopic (exact) mass is 388 g/mol. The summed E-state index contributed by atoms with van der Waals surface area (Å²) in [5.74, 6) is -0.110. The Bertz CT molecular complexity index is 822. The molecule has 2 amide bonds. The second kappa shape index (κ2) is 8.73. The molecule has 2 heterocycles. The van der Waals surface area contributed by atoms with Gasteiger partial charge >= 0.3 is 6.09 Å². The molecule has 0 unspecified atom stereocenters. The van der Waals surface area contributed by atoms with E-state index in [-0.39, 0.29) is 12.0 Å². The molecule has 1 N–H and O–H groups in total. The van der Waals surface area contributed by atoms with E-state index in [9.17, 15) is 9.59 Å². The topological polar surface area (TPSA) is 74.8 Å². The number of piperazine rings is 1. The van der Waals surface area contributed by atoms with E-state index in [4.69, 9.17) is 16.3 Å². The first kappa shape index (κ1) is 19.0. The molecule has 0 bridgehead atoms. The lowest BCUT2D eigenvalue weighted by molar-refractivity contribution is 0.0570. The molecule has 8 heteroatoms. The maximum absolute atomic E-state index is 12.8. The quantitative estimate of drug-likeness (QED) is 0.868. The van der Waals surface area contributed by atoms with Crippen LogP contribution in [0.15, 0.2) is 42.7 Å². The van der Waals surface area contributed by atoms with Gasteiger partial charge in [-0.3, -0.25) is 9.78 Å². The van der Waals surface area contributed by atoms with E-state index >= 15 is 0 Å². The number of hydrogen-bond acceptors (Lipinski definition) is 5. The van der Waals surface area contributed by atoms with Crippen molar-refractivity contribution in [2.75, 3.05) is 38.1 Å². The molecule has 1 aromatic heterocycles. The van der Waals surface area contributed by atoms with Crippen LogP contribution in [0.4, 0.5) is 16.2 Å². The number of nitrogens with zero attached hydrogens (tertiary/aromatic N) is 3. The molecule has 142 valence electrons. The third kappa shape index (κ3) is 4.89. The maximum atomic E-state index is 12.8. The Morgan fingerprint density at radius 3 is 2.56 bits per heavy atom. The van der Waals surface area contributed by atoms with Crippen LogP contribution in [-0.2, 0) is 4.74 Å². The highest BCUT2D eigenvalue weighted by Gasteiger charge is 2.25. The smallest absolute Gasteiger partial charge is 0.409 e. The predicted octanol–water partition coefficient (Wildman–Crippen LogP) is 3.39. The van der Waals surface area contributed by atoms with Crippen molar-refractivity contribution in [3.63, 3.8) is 0 Å². The van der Waals surface area contributed by atoms with Crippen LogP contribution >= 0.6 is 11.6 Å². The Balaban J connectivity index is 1.63. The summed E-state index contributed by atoms with van der Waals surface area (Å²) >= 11 is 5.99. The summed E-state index contributed by atoms with van der Waals surface area (Å²) in [4.78, 5) is 32.0. The third-order valence-electron chi connectivity index (χ3n) is 4.19. The molecular weight excluding hydrogens is 368 g/mol. The summed E-state index contributed by atoms with van der Waals surface area (Å²) in [7, 11) is 0. The van der Waals surface area contributed by atoms with Crippen molar-refractivity contribution in [3.05, 3.63) is 53.3 Å². The van der Waals surface area contributed by atoms with Gasteiger partial charge in [-0.05, 0) is 31.2 Å². The lowest BCUT2D eigenvalue weighted by Crippen LogP contribution is -2.50. The van der Waals surface area contributed by atoms with Crippen LogP contribution in [0.25, 0.3) is 0 Å². The molecule has 1 aliphatic rings. The van der Waals surface area contributed by atoms with Gasteiger partial charge in [0.2, 0.25) is 0 Å². The summed E-state index contributed by atoms with van der Waals surface area (Å²) in [5.41, 5.74) is 2.01. The van der Waals surface area contributed by atoms with Crippen LogP contribution in [0.2, 0.25) is 5.02 Å². The largest absolute Gasteiger partial charge is 0.450 e. The maximum Gasteiger partial charge on any atom is 0.409 e. The lowest BCUT2D eigenvalue weighted by Gasteiger charge is -2.34. The van der Waals surface area contributed by atoms with Crippen molar-refractivity contribution in [2.45, 2.75) is 6.92 Å². The summed E-state index contributed by atoms with van der Waals surface area (Å²) in [6.45, 7) is 3.95. The van der Waals surface area contributed by atoms with Gasteiger partial charge in [0.15, 0.2) is 0 Å². The van der Waals surface area contributed by atoms with Crippen molar-refractivity contribution in [3.8, 4) is 0 Å². The van der Waals surface area contributed by atoms with Crippen LogP contribution in [0, 0.1) is 0 Å². The molecule has 3 rings (SSSR count). The zero-order chi connectivity index (χ0) is 19.2. The van der Waals surface area contributed by atoms with Crippen molar-refractivity contribution in [2.24, 2.45) is 0 Å². The molecule has 0 spiro atoms. The van der Waals surface area contributed by atoms with Gasteiger partial charge in [-0.1, -0.05) is 17.7 Å². The Hall–Kier alpha value is -2.80. The normalized spacial score (nSPS) is 14.0. The number of pyridine rings is 1. The molecule has 0 saturated carbocycles. The van der Waals surface area contributed by atoms with Gasteiger partial charge in [0.25, 0.3) is 5.91 Å². The average molecular weight is 389 g/mol. The van der Waals surface area contributed by atoms with Gasteiger partial charge in [-0.15, -0.1) is 0 Å². The zero-order valence-corrected chi connectivity index (χ0v) is 15.8. The van der Waals surface area contributed by atoms with E-state index in [1.165, 1.54) is 0 Å². The van der Waals surface area contributed by atoms with Gasteiger partial charge in [-0.2, -0.15) is 0 Å². The first-order valence-corrected chi connectivity index (χ1v) is 9.13. The molecule has 27 heavy (non-hydrogen) atoms. The van der Waals surface area contributed by atoms with Gasteiger partial charge < -0.3 is 19.9 Å². The number of carbonyl (C=O) groups excluding carboxylic acids is 2. The van der Waals surface area contributed by atoms with Crippen LogP contribution in [0.1, 0.15) is 17.3 Å². The number of rotatable bonds is 4. The van der Waals surface area contributed by atoms with Crippen LogP contribution in [0.5, 0.6) is 0 Å². The molecule has 2 aromatic rings. The number of amides is 2. The van der Waals surface area contributed by atoms with Gasteiger partial charge in [0.05, 0.1) is 24.1 Å². The molecule has 1 saturated heterocycles. The average Bonchev–Trinajstić information content (AvgIpc) is 2.68. The summed E-state index contributed by atoms with van der Waals surface area (Å²) in [6, 6.07) is 9.07. The fourth-order valence-electron chi connectivity index (χ4n) is 2.85. The van der Waals surface area contributed by atoms with Gasteiger partial charge in [-0.25, -0.2) is 4.79 Å². The molecule has 1 aliphatic heterocycles. The standard InChI is InChI=1S/C19H21ClN4O3/c1-2-27-19(26)24-8-6-23(7-9-24)18(25)14-10-17(13-21-12-14)22-16-5-3-4-15(20)11-16/h3-5,10-13,22H,2,6-9H2,1H3. The van der Waals surface area contributed by atoms with Crippen LogP contribution in [-0.4, -0.2) is 59.6 Å². The number of hydrogen-bond donors (Lipinski definition) is 1. The lowest BCUT2D eigenvalue weighted by atomic mass is 10.2. The van der Waals surface area contributed by atoms with E-state index < -0.39 is 0 Å². The number of carbonyl (C=O) groups is 2. The van der Waals surface area contributed by atoms with E-state index in [1.807, 2.05) is 12.1 Å². The molecule has 7 nitrogen and oxygen atoms in total. The van der Waals surface area contributed by atoms with Crippen LogP contribution in [0.3, 0.4) is 0 Å². The summed E-state index contributed by atoms with van der Waals surface area (Å²) in [5, 5.41) is 3.82. The minimum atomic E-state index is -0.334. The van der Waals surface area contributed by atoms with Gasteiger partial charge in [0.1, 0.15) is 0 Å². The van der Waals surface area contributed by atoms with E-state index in [0.717, 1.165) is 5.69 Å². The molecular formula is C19H21ClN4O3. The zero-order valence-electron chi connectivity index (χ0n) is 15.0. The Morgan fingerprint density at radius 1 is 1.11 bits per heavy atom. The molecule has 0 radical (unpaired) electrons. The molecule has 0 atom stereocenters. The Kier molecular flexibility index (Phi) is 6.13. The Morgan fingerprint density at radius 2 is 1.85 bits per heavy atom. The molecule has 0 aliphatic carbocycles. The number of benzene rings is 1. The summed E-state index contributed by atoms with van der Waals surface area (Å²) in [6.07, 6.45) is 2.86. The van der Waals surface area contributed by atoms with E-state index in [0.29, 0.717) is 49.1 Å². The van der Waals surface area contributed by atoms with Crippen LogP contribution < -0.4 is 5.32 Å².